The highest BCUT2D eigenvalue weighted by molar-refractivity contribution is 5.83. The Morgan fingerprint density at radius 3 is 1.43 bits per heavy atom. The van der Waals surface area contributed by atoms with Crippen LogP contribution in [0.3, 0.4) is 0 Å². The molecule has 0 rings (SSSR count). The van der Waals surface area contributed by atoms with Crippen LogP contribution in [0.15, 0.2) is 0 Å². The highest BCUT2D eigenvalue weighted by Crippen LogP contribution is 1.88. The molecule has 0 aliphatic heterocycles. The van der Waals surface area contributed by atoms with Crippen molar-refractivity contribution in [1.29, 1.82) is 0 Å². The van der Waals surface area contributed by atoms with Crippen LogP contribution in [0.25, 0.3) is 0 Å². The summed E-state index contributed by atoms with van der Waals surface area (Å²) in [6.45, 7) is -0.0465. The fraction of sp³-hybridized carbons (Fsp3) is 0.500. The largest absolute Gasteiger partial charge is 0.480 e. The quantitative estimate of drug-likeness (QED) is 0.519. The first-order valence-corrected chi connectivity index (χ1v) is 3.12. The molecule has 0 heterocycles. The molecule has 0 aliphatic carbocycles. The van der Waals surface area contributed by atoms with Crippen LogP contribution in [0.5, 0.6) is 0 Å². The van der Waals surface area contributed by atoms with E-state index in [9.17, 15) is 14.4 Å². The van der Waals surface area contributed by atoms with Crippen molar-refractivity contribution in [1.82, 2.24) is 4.90 Å². The molecular formula is C6H13NO7. The van der Waals surface area contributed by atoms with Gasteiger partial charge in [-0.3, -0.25) is 14.4 Å². The predicted molar refractivity (Wildman–Crippen MR) is 44.8 cm³/mol. The molecule has 0 aromatic heterocycles. The summed E-state index contributed by atoms with van der Waals surface area (Å²) in [5, 5.41) is 16.5. The average Bonchev–Trinajstić information content (AvgIpc) is 1.83. The van der Waals surface area contributed by atoms with Gasteiger partial charge in [0.15, 0.2) is 0 Å². The Balaban J connectivity index is -0.000000605. The Hall–Kier alpha value is -1.67. The molecule has 0 aliphatic rings. The van der Waals surface area contributed by atoms with E-state index in [2.05, 4.69) is 0 Å². The second-order valence-electron chi connectivity index (χ2n) is 2.16. The van der Waals surface area contributed by atoms with Crippen LogP contribution >= 0.6 is 0 Å². The van der Waals surface area contributed by atoms with Crippen LogP contribution in [0.1, 0.15) is 6.92 Å². The van der Waals surface area contributed by atoms with Gasteiger partial charge in [-0.1, -0.05) is 0 Å². The molecule has 6 N–H and O–H groups in total. The molecule has 0 spiro atoms. The van der Waals surface area contributed by atoms with Gasteiger partial charge in [-0.25, -0.2) is 0 Å². The van der Waals surface area contributed by atoms with Gasteiger partial charge in [-0.2, -0.15) is 0 Å². The average molecular weight is 211 g/mol. The second kappa shape index (κ2) is 7.95. The third-order valence-electron chi connectivity index (χ3n) is 1.10. The van der Waals surface area contributed by atoms with Gasteiger partial charge in [0.1, 0.15) is 13.1 Å². The normalized spacial score (nSPS) is 7.79. The van der Waals surface area contributed by atoms with Crippen molar-refractivity contribution < 1.29 is 35.5 Å². The lowest BCUT2D eigenvalue weighted by Gasteiger charge is -2.15. The first kappa shape index (κ1) is 18.2. The number of rotatable bonds is 4. The zero-order valence-corrected chi connectivity index (χ0v) is 7.48. The molecule has 8 heteroatoms. The van der Waals surface area contributed by atoms with Gasteiger partial charge in [0.05, 0.1) is 0 Å². The van der Waals surface area contributed by atoms with Crippen LogP contribution < -0.4 is 0 Å². The number of hydrogen-bond acceptors (Lipinski definition) is 3. The standard InChI is InChI=1S/C6H9NO5.2H2O/c1-4(8)7(2-5(9)10)3-6(11)12;;/h2-3H2,1H3,(H,9,10)(H,11,12);2*1H2. The molecule has 0 fully saturated rings. The van der Waals surface area contributed by atoms with Gasteiger partial charge in [-0.15, -0.1) is 0 Å². The van der Waals surface area contributed by atoms with Crippen LogP contribution in [0.2, 0.25) is 0 Å². The lowest BCUT2D eigenvalue weighted by molar-refractivity contribution is -0.148. The fourth-order valence-corrected chi connectivity index (χ4v) is 0.605. The van der Waals surface area contributed by atoms with E-state index in [1.54, 1.807) is 0 Å². The third kappa shape index (κ3) is 8.43. The van der Waals surface area contributed by atoms with E-state index in [0.717, 1.165) is 11.8 Å². The third-order valence-corrected chi connectivity index (χ3v) is 1.10. The topological polar surface area (TPSA) is 158 Å². The number of nitrogens with zero attached hydrogens (tertiary/aromatic N) is 1. The SMILES string of the molecule is CC(=O)N(CC(=O)O)CC(=O)O.O.O. The van der Waals surface area contributed by atoms with E-state index >= 15 is 0 Å². The van der Waals surface area contributed by atoms with Gasteiger partial charge in [0.25, 0.3) is 0 Å². The fourth-order valence-electron chi connectivity index (χ4n) is 0.605. The predicted octanol–water partition coefficient (Wildman–Crippen LogP) is -2.65. The molecule has 0 aromatic carbocycles. The Bertz CT molecular complexity index is 198. The van der Waals surface area contributed by atoms with Crippen molar-refractivity contribution in [3.05, 3.63) is 0 Å². The smallest absolute Gasteiger partial charge is 0.323 e. The van der Waals surface area contributed by atoms with Crippen molar-refractivity contribution in [2.75, 3.05) is 13.1 Å². The van der Waals surface area contributed by atoms with Crippen LogP contribution in [0.4, 0.5) is 0 Å². The molecule has 0 saturated heterocycles. The monoisotopic (exact) mass is 211 g/mol. The number of aliphatic carboxylic acids is 2. The first-order chi connectivity index (χ1) is 5.43. The first-order valence-electron chi connectivity index (χ1n) is 3.12. The summed E-state index contributed by atoms with van der Waals surface area (Å²) < 4.78 is 0. The molecule has 14 heavy (non-hydrogen) atoms. The van der Waals surface area contributed by atoms with E-state index in [1.807, 2.05) is 0 Å². The number of carbonyl (C=O) groups is 3. The molecule has 0 aromatic rings. The van der Waals surface area contributed by atoms with Crippen LogP contribution in [0, 0.1) is 0 Å². The molecule has 0 saturated carbocycles. The maximum absolute atomic E-state index is 10.6. The van der Waals surface area contributed by atoms with E-state index in [0.29, 0.717) is 0 Å². The molecule has 0 radical (unpaired) electrons. The Kier molecular flexibility index (Phi) is 10.3. The van der Waals surface area contributed by atoms with E-state index < -0.39 is 30.9 Å². The zero-order chi connectivity index (χ0) is 9.72. The number of amides is 1. The summed E-state index contributed by atoms with van der Waals surface area (Å²) in [6.07, 6.45) is 0. The summed E-state index contributed by atoms with van der Waals surface area (Å²) in [7, 11) is 0. The summed E-state index contributed by atoms with van der Waals surface area (Å²) in [4.78, 5) is 31.6. The van der Waals surface area contributed by atoms with E-state index in [4.69, 9.17) is 10.2 Å². The second-order valence-corrected chi connectivity index (χ2v) is 2.16. The molecule has 84 valence electrons. The molecule has 8 nitrogen and oxygen atoms in total. The highest BCUT2D eigenvalue weighted by atomic mass is 16.4. The number of carbonyl (C=O) groups excluding carboxylic acids is 1. The summed E-state index contributed by atoms with van der Waals surface area (Å²) >= 11 is 0. The van der Waals surface area contributed by atoms with E-state index in [-0.39, 0.29) is 11.0 Å². The Labute approximate surface area is 79.4 Å². The number of hydrogen-bond donors (Lipinski definition) is 2. The van der Waals surface area contributed by atoms with Crippen LogP contribution in [-0.2, 0) is 14.4 Å². The van der Waals surface area contributed by atoms with Crippen molar-refractivity contribution in [3.8, 4) is 0 Å². The maximum Gasteiger partial charge on any atom is 0.323 e. The molecule has 0 bridgehead atoms. The molecule has 1 amide bonds. The minimum atomic E-state index is -1.23. The number of carboxylic acids is 2. The lowest BCUT2D eigenvalue weighted by Crippen LogP contribution is -2.37. The molecule has 0 unspecified atom stereocenters. The van der Waals surface area contributed by atoms with Crippen molar-refractivity contribution >= 4 is 17.8 Å². The Morgan fingerprint density at radius 2 is 1.29 bits per heavy atom. The summed E-state index contributed by atoms with van der Waals surface area (Å²) in [5.74, 6) is -3.03. The zero-order valence-electron chi connectivity index (χ0n) is 7.48. The minimum absolute atomic E-state index is 0. The maximum atomic E-state index is 10.6. The lowest BCUT2D eigenvalue weighted by atomic mass is 10.4. The van der Waals surface area contributed by atoms with E-state index in [1.165, 1.54) is 0 Å². The van der Waals surface area contributed by atoms with Crippen molar-refractivity contribution in [2.45, 2.75) is 6.92 Å². The highest BCUT2D eigenvalue weighted by Gasteiger charge is 2.15. The van der Waals surface area contributed by atoms with Crippen LogP contribution in [-0.4, -0.2) is 57.0 Å². The van der Waals surface area contributed by atoms with Gasteiger partial charge in [-0.05, 0) is 0 Å². The Morgan fingerprint density at radius 1 is 1.00 bits per heavy atom. The molecular weight excluding hydrogens is 198 g/mol. The van der Waals surface area contributed by atoms with Gasteiger partial charge in [0, 0.05) is 6.92 Å². The number of carboxylic acid groups (broad SMARTS) is 2. The van der Waals surface area contributed by atoms with Gasteiger partial charge in [0.2, 0.25) is 5.91 Å². The molecule has 0 atom stereocenters. The summed E-state index contributed by atoms with van der Waals surface area (Å²) in [5.41, 5.74) is 0. The summed E-state index contributed by atoms with van der Waals surface area (Å²) in [6, 6.07) is 0. The van der Waals surface area contributed by atoms with Crippen molar-refractivity contribution in [2.24, 2.45) is 0 Å². The van der Waals surface area contributed by atoms with Gasteiger partial charge >= 0.3 is 11.9 Å². The van der Waals surface area contributed by atoms with Crippen molar-refractivity contribution in [3.63, 3.8) is 0 Å². The van der Waals surface area contributed by atoms with Gasteiger partial charge < -0.3 is 26.1 Å². The minimum Gasteiger partial charge on any atom is -0.480 e.